The smallest absolute Gasteiger partial charge is 0.244 e. The van der Waals surface area contributed by atoms with Crippen molar-refractivity contribution in [1.82, 2.24) is 10.0 Å². The Kier molecular flexibility index (Phi) is 5.17. The lowest BCUT2D eigenvalue weighted by atomic mass is 10.2. The minimum atomic E-state index is -3.63. The quantitative estimate of drug-likeness (QED) is 0.817. The Balaban J connectivity index is 2.06. The zero-order valence-corrected chi connectivity index (χ0v) is 12.7. The van der Waals surface area contributed by atoms with E-state index in [4.69, 9.17) is 10.00 Å². The summed E-state index contributed by atoms with van der Waals surface area (Å²) in [6.45, 7) is 1.38. The van der Waals surface area contributed by atoms with Gasteiger partial charge in [0, 0.05) is 12.6 Å². The molecular weight excluding hydrogens is 290 g/mol. The van der Waals surface area contributed by atoms with E-state index in [1.54, 1.807) is 0 Å². The fraction of sp³-hybridized carbons (Fsp3) is 0.500. The van der Waals surface area contributed by atoms with Crippen molar-refractivity contribution in [2.45, 2.75) is 30.2 Å². The van der Waals surface area contributed by atoms with Crippen LogP contribution in [-0.2, 0) is 10.0 Å². The van der Waals surface area contributed by atoms with Crippen molar-refractivity contribution in [3.63, 3.8) is 0 Å². The number of nitrogens with zero attached hydrogens (tertiary/aromatic N) is 1. The third-order valence-corrected chi connectivity index (χ3v) is 5.03. The van der Waals surface area contributed by atoms with E-state index in [0.717, 1.165) is 25.8 Å². The van der Waals surface area contributed by atoms with Crippen LogP contribution in [0.5, 0.6) is 5.75 Å². The number of sulfonamides is 1. The summed E-state index contributed by atoms with van der Waals surface area (Å²) in [4.78, 5) is 0.0587. The second-order valence-corrected chi connectivity index (χ2v) is 6.69. The molecule has 0 saturated carbocycles. The number of nitriles is 1. The molecule has 1 atom stereocenters. The highest BCUT2D eigenvalue weighted by Crippen LogP contribution is 2.24. The molecule has 0 aromatic heterocycles. The van der Waals surface area contributed by atoms with Crippen molar-refractivity contribution < 1.29 is 13.2 Å². The first-order chi connectivity index (χ1) is 10.1. The SMILES string of the molecule is COc1cc(C#N)ccc1S(=O)(=O)NCC[C@H]1CCCN1. The van der Waals surface area contributed by atoms with E-state index in [0.29, 0.717) is 18.2 Å². The van der Waals surface area contributed by atoms with Crippen molar-refractivity contribution in [2.24, 2.45) is 0 Å². The largest absolute Gasteiger partial charge is 0.495 e. The summed E-state index contributed by atoms with van der Waals surface area (Å²) in [6, 6.07) is 6.63. The van der Waals surface area contributed by atoms with Gasteiger partial charge in [0.1, 0.15) is 10.6 Å². The van der Waals surface area contributed by atoms with Crippen LogP contribution in [-0.4, -0.2) is 34.7 Å². The van der Waals surface area contributed by atoms with Crippen LogP contribution in [0.3, 0.4) is 0 Å². The Morgan fingerprint density at radius 2 is 2.33 bits per heavy atom. The predicted octanol–water partition coefficient (Wildman–Crippen LogP) is 0.987. The first-order valence-electron chi connectivity index (χ1n) is 6.88. The van der Waals surface area contributed by atoms with Gasteiger partial charge in [0.2, 0.25) is 10.0 Å². The predicted molar refractivity (Wildman–Crippen MR) is 78.5 cm³/mol. The minimum absolute atomic E-state index is 0.0587. The molecule has 2 N–H and O–H groups in total. The third kappa shape index (κ3) is 3.94. The molecule has 21 heavy (non-hydrogen) atoms. The van der Waals surface area contributed by atoms with E-state index >= 15 is 0 Å². The zero-order chi connectivity index (χ0) is 15.3. The average Bonchev–Trinajstić information content (AvgIpc) is 2.99. The summed E-state index contributed by atoms with van der Waals surface area (Å²) in [6.07, 6.45) is 2.99. The van der Waals surface area contributed by atoms with Gasteiger partial charge in [-0.1, -0.05) is 0 Å². The third-order valence-electron chi connectivity index (χ3n) is 3.53. The molecule has 1 fully saturated rings. The van der Waals surface area contributed by atoms with E-state index < -0.39 is 10.0 Å². The maximum absolute atomic E-state index is 12.3. The van der Waals surface area contributed by atoms with Crippen LogP contribution in [0, 0.1) is 11.3 Å². The fourth-order valence-electron chi connectivity index (χ4n) is 2.41. The lowest BCUT2D eigenvalue weighted by molar-refractivity contribution is 0.402. The number of hydrogen-bond donors (Lipinski definition) is 2. The Morgan fingerprint density at radius 1 is 1.52 bits per heavy atom. The van der Waals surface area contributed by atoms with Crippen molar-refractivity contribution in [3.8, 4) is 11.8 Å². The number of ether oxygens (including phenoxy) is 1. The molecule has 1 aliphatic rings. The molecule has 0 aliphatic carbocycles. The maximum atomic E-state index is 12.3. The molecule has 0 radical (unpaired) electrons. The number of benzene rings is 1. The van der Waals surface area contributed by atoms with E-state index in [9.17, 15) is 8.42 Å². The molecule has 1 aromatic rings. The van der Waals surface area contributed by atoms with Crippen molar-refractivity contribution in [1.29, 1.82) is 5.26 Å². The Hall–Kier alpha value is -1.62. The second-order valence-electron chi connectivity index (χ2n) is 4.96. The Bertz CT molecular complexity index is 631. The Morgan fingerprint density at radius 3 is 2.95 bits per heavy atom. The average molecular weight is 309 g/mol. The maximum Gasteiger partial charge on any atom is 0.244 e. The van der Waals surface area contributed by atoms with Gasteiger partial charge in [-0.3, -0.25) is 0 Å². The van der Waals surface area contributed by atoms with Crippen LogP contribution >= 0.6 is 0 Å². The van der Waals surface area contributed by atoms with Crippen LogP contribution in [0.1, 0.15) is 24.8 Å². The lowest BCUT2D eigenvalue weighted by Gasteiger charge is -2.13. The Labute approximate surface area is 125 Å². The van der Waals surface area contributed by atoms with Gasteiger partial charge in [-0.2, -0.15) is 5.26 Å². The molecule has 1 aliphatic heterocycles. The van der Waals surface area contributed by atoms with Gasteiger partial charge in [-0.05, 0) is 44.0 Å². The standard InChI is InChI=1S/C14H19N3O3S/c1-20-13-9-11(10-15)4-5-14(13)21(18,19)17-8-6-12-3-2-7-16-12/h4-5,9,12,16-17H,2-3,6-8H2,1H3/t12-/m1/s1. The highest BCUT2D eigenvalue weighted by atomic mass is 32.2. The minimum Gasteiger partial charge on any atom is -0.495 e. The van der Waals surface area contributed by atoms with Gasteiger partial charge in [-0.25, -0.2) is 13.1 Å². The number of methoxy groups -OCH3 is 1. The van der Waals surface area contributed by atoms with Gasteiger partial charge in [0.15, 0.2) is 0 Å². The summed E-state index contributed by atoms with van der Waals surface area (Å²) in [5.41, 5.74) is 0.362. The molecule has 0 bridgehead atoms. The number of nitrogens with one attached hydrogen (secondary N) is 2. The summed E-state index contributed by atoms with van der Waals surface area (Å²) in [5, 5.41) is 12.2. The molecule has 0 unspecified atom stereocenters. The first kappa shape index (κ1) is 15.8. The lowest BCUT2D eigenvalue weighted by Crippen LogP contribution is -2.30. The molecular formula is C14H19N3O3S. The van der Waals surface area contributed by atoms with Gasteiger partial charge in [-0.15, -0.1) is 0 Å². The molecule has 114 valence electrons. The van der Waals surface area contributed by atoms with Gasteiger partial charge >= 0.3 is 0 Å². The fourth-order valence-corrected chi connectivity index (χ4v) is 3.60. The molecule has 1 heterocycles. The van der Waals surface area contributed by atoms with Crippen LogP contribution in [0.4, 0.5) is 0 Å². The molecule has 0 amide bonds. The van der Waals surface area contributed by atoms with E-state index in [1.807, 2.05) is 6.07 Å². The van der Waals surface area contributed by atoms with Gasteiger partial charge in [0.25, 0.3) is 0 Å². The molecule has 2 rings (SSSR count). The zero-order valence-electron chi connectivity index (χ0n) is 11.9. The van der Waals surface area contributed by atoms with E-state index in [1.165, 1.54) is 25.3 Å². The molecule has 0 spiro atoms. The summed E-state index contributed by atoms with van der Waals surface area (Å²) >= 11 is 0. The normalized spacial score (nSPS) is 18.4. The molecule has 7 heteroatoms. The highest BCUT2D eigenvalue weighted by molar-refractivity contribution is 7.89. The van der Waals surface area contributed by atoms with Crippen LogP contribution in [0.15, 0.2) is 23.1 Å². The summed E-state index contributed by atoms with van der Waals surface area (Å²) in [5.74, 6) is 0.181. The van der Waals surface area contributed by atoms with Crippen LogP contribution in [0.2, 0.25) is 0 Å². The topological polar surface area (TPSA) is 91.2 Å². The van der Waals surface area contributed by atoms with E-state index in [2.05, 4.69) is 10.0 Å². The second kappa shape index (κ2) is 6.89. The first-order valence-corrected chi connectivity index (χ1v) is 8.36. The van der Waals surface area contributed by atoms with Gasteiger partial charge in [0.05, 0.1) is 18.7 Å². The van der Waals surface area contributed by atoms with Crippen molar-refractivity contribution in [3.05, 3.63) is 23.8 Å². The van der Waals surface area contributed by atoms with Gasteiger partial charge < -0.3 is 10.1 Å². The number of rotatable bonds is 6. The van der Waals surface area contributed by atoms with Crippen LogP contribution in [0.25, 0.3) is 0 Å². The van der Waals surface area contributed by atoms with Crippen molar-refractivity contribution in [2.75, 3.05) is 20.2 Å². The monoisotopic (exact) mass is 309 g/mol. The summed E-state index contributed by atoms with van der Waals surface area (Å²) in [7, 11) is -2.25. The number of hydrogen-bond acceptors (Lipinski definition) is 5. The van der Waals surface area contributed by atoms with E-state index in [-0.39, 0.29) is 10.6 Å². The highest BCUT2D eigenvalue weighted by Gasteiger charge is 2.21. The van der Waals surface area contributed by atoms with Crippen LogP contribution < -0.4 is 14.8 Å². The molecule has 6 nitrogen and oxygen atoms in total. The molecule has 1 saturated heterocycles. The van der Waals surface area contributed by atoms with Crippen molar-refractivity contribution >= 4 is 10.0 Å². The molecule has 1 aromatic carbocycles. The summed E-state index contributed by atoms with van der Waals surface area (Å²) < 4.78 is 32.2.